The fraction of sp³-hybridized carbons (Fsp3) is 0.250. The van der Waals surface area contributed by atoms with Crippen molar-refractivity contribution in [1.82, 2.24) is 4.98 Å². The number of hydrogen-bond donors (Lipinski definition) is 0. The summed E-state index contributed by atoms with van der Waals surface area (Å²) in [6, 6.07) is 3.88. The molecule has 0 spiro atoms. The van der Waals surface area contributed by atoms with E-state index in [4.69, 9.17) is 5.26 Å². The fourth-order valence-electron chi connectivity index (χ4n) is 0.904. The zero-order chi connectivity index (χ0) is 8.27. The van der Waals surface area contributed by atoms with Crippen LogP contribution in [0, 0.1) is 18.3 Å². The van der Waals surface area contributed by atoms with E-state index in [1.54, 1.807) is 6.20 Å². The minimum atomic E-state index is 0.615. The number of pyridine rings is 1. The molecule has 1 aromatic heterocycles. The molecule has 0 N–H and O–H groups in total. The number of aromatic nitrogens is 1. The molecule has 0 aliphatic rings. The molecular weight excluding hydrogens is 135 g/mol. The second-order valence-corrected chi connectivity index (χ2v) is 2.30. The smallest absolute Gasteiger partial charge is 0.150 e. The molecule has 3 heteroatoms. The zero-order valence-electron chi connectivity index (χ0n) is 6.63. The van der Waals surface area contributed by atoms with Gasteiger partial charge in [0, 0.05) is 11.9 Å². The molecule has 0 aliphatic heterocycles. The Morgan fingerprint density at radius 2 is 2.36 bits per heavy atom. The van der Waals surface area contributed by atoms with Gasteiger partial charge in [0.1, 0.15) is 6.07 Å². The first-order valence-corrected chi connectivity index (χ1v) is 3.44. The number of nitrogens with zero attached hydrogens (tertiary/aromatic N) is 2. The highest BCUT2D eigenvalue weighted by molar-refractivity contribution is 6.52. The minimum absolute atomic E-state index is 0.615. The maximum Gasteiger partial charge on any atom is 0.150 e. The van der Waals surface area contributed by atoms with Gasteiger partial charge in [-0.1, -0.05) is 12.3 Å². The molecule has 1 aromatic rings. The van der Waals surface area contributed by atoms with Crippen LogP contribution in [0.4, 0.5) is 0 Å². The molecule has 0 aromatic carbocycles. The van der Waals surface area contributed by atoms with Gasteiger partial charge in [0.2, 0.25) is 0 Å². The predicted molar refractivity (Wildman–Crippen MR) is 44.9 cm³/mol. The zero-order valence-corrected chi connectivity index (χ0v) is 6.63. The fourth-order valence-corrected chi connectivity index (χ4v) is 0.904. The van der Waals surface area contributed by atoms with Crippen LogP contribution in [-0.4, -0.2) is 12.3 Å². The van der Waals surface area contributed by atoms with Crippen LogP contribution >= 0.6 is 0 Å². The second-order valence-electron chi connectivity index (χ2n) is 2.30. The van der Waals surface area contributed by atoms with Crippen molar-refractivity contribution in [1.29, 1.82) is 5.26 Å². The van der Waals surface area contributed by atoms with Crippen molar-refractivity contribution in [2.75, 3.05) is 0 Å². The highest BCUT2D eigenvalue weighted by Crippen LogP contribution is 1.93. The summed E-state index contributed by atoms with van der Waals surface area (Å²) in [6.07, 6.45) is 1.59. The SMILES string of the molecule is C[B]c1cc(C#N)cnc1C. The highest BCUT2D eigenvalue weighted by atomic mass is 14.7. The van der Waals surface area contributed by atoms with Gasteiger partial charge in [-0.3, -0.25) is 4.98 Å². The molecule has 1 heterocycles. The Bertz CT molecular complexity index is 301. The van der Waals surface area contributed by atoms with Crippen LogP contribution in [0.5, 0.6) is 0 Å². The topological polar surface area (TPSA) is 36.7 Å². The molecule has 2 nitrogen and oxygen atoms in total. The van der Waals surface area contributed by atoms with Crippen LogP contribution in [0.25, 0.3) is 0 Å². The molecule has 0 fully saturated rings. The maximum atomic E-state index is 8.54. The van der Waals surface area contributed by atoms with Crippen LogP contribution in [0.1, 0.15) is 11.3 Å². The summed E-state index contributed by atoms with van der Waals surface area (Å²) in [4.78, 5) is 4.07. The monoisotopic (exact) mass is 143 g/mol. The molecule has 0 saturated heterocycles. The van der Waals surface area contributed by atoms with E-state index in [1.165, 1.54) is 0 Å². The van der Waals surface area contributed by atoms with E-state index in [0.29, 0.717) is 5.56 Å². The van der Waals surface area contributed by atoms with Crippen molar-refractivity contribution in [3.63, 3.8) is 0 Å². The Morgan fingerprint density at radius 1 is 1.64 bits per heavy atom. The normalized spacial score (nSPS) is 8.82. The number of nitriles is 1. The molecule has 0 saturated carbocycles. The largest absolute Gasteiger partial charge is 0.261 e. The van der Waals surface area contributed by atoms with Crippen LogP contribution in [0.2, 0.25) is 6.82 Å². The minimum Gasteiger partial charge on any atom is -0.261 e. The first-order chi connectivity index (χ1) is 5.27. The van der Waals surface area contributed by atoms with E-state index in [-0.39, 0.29) is 0 Å². The van der Waals surface area contributed by atoms with Gasteiger partial charge in [-0.05, 0) is 13.0 Å². The van der Waals surface area contributed by atoms with E-state index in [1.807, 2.05) is 33.2 Å². The van der Waals surface area contributed by atoms with Gasteiger partial charge in [0.15, 0.2) is 7.28 Å². The van der Waals surface area contributed by atoms with Gasteiger partial charge in [-0.2, -0.15) is 5.26 Å². The van der Waals surface area contributed by atoms with Crippen molar-refractivity contribution in [2.24, 2.45) is 0 Å². The quantitative estimate of drug-likeness (QED) is 0.540. The van der Waals surface area contributed by atoms with E-state index in [2.05, 4.69) is 4.98 Å². The Morgan fingerprint density at radius 3 is 2.91 bits per heavy atom. The standard InChI is InChI=1S/C8H8BN2/c1-6-8(9-2)3-7(4-10)5-11-6/h3,5H,1-2H3. The lowest BCUT2D eigenvalue weighted by molar-refractivity contribution is 1.21. The lowest BCUT2D eigenvalue weighted by Crippen LogP contribution is -2.16. The lowest BCUT2D eigenvalue weighted by Gasteiger charge is -1.99. The van der Waals surface area contributed by atoms with Crippen molar-refractivity contribution >= 4 is 12.7 Å². The summed E-state index contributed by atoms with van der Waals surface area (Å²) in [6.45, 7) is 3.86. The van der Waals surface area contributed by atoms with Gasteiger partial charge >= 0.3 is 0 Å². The van der Waals surface area contributed by atoms with E-state index >= 15 is 0 Å². The van der Waals surface area contributed by atoms with Crippen LogP contribution < -0.4 is 5.46 Å². The third kappa shape index (κ3) is 1.59. The predicted octanol–water partition coefficient (Wildman–Crippen LogP) is 0.639. The van der Waals surface area contributed by atoms with E-state index < -0.39 is 0 Å². The first kappa shape index (κ1) is 7.81. The lowest BCUT2D eigenvalue weighted by atomic mass is 9.72. The van der Waals surface area contributed by atoms with Crippen molar-refractivity contribution < 1.29 is 0 Å². The summed E-state index contributed by atoms with van der Waals surface area (Å²) in [5.74, 6) is 0. The maximum absolute atomic E-state index is 8.54. The summed E-state index contributed by atoms with van der Waals surface area (Å²) in [7, 11) is 1.95. The Balaban J connectivity index is 3.15. The van der Waals surface area contributed by atoms with Gasteiger partial charge in [0.25, 0.3) is 0 Å². The van der Waals surface area contributed by atoms with Crippen molar-refractivity contribution in [3.8, 4) is 6.07 Å². The van der Waals surface area contributed by atoms with E-state index in [9.17, 15) is 0 Å². The number of rotatable bonds is 1. The molecule has 0 bridgehead atoms. The van der Waals surface area contributed by atoms with Crippen LogP contribution in [0.15, 0.2) is 12.3 Å². The first-order valence-electron chi connectivity index (χ1n) is 3.44. The van der Waals surface area contributed by atoms with Gasteiger partial charge < -0.3 is 0 Å². The number of hydrogen-bond acceptors (Lipinski definition) is 2. The van der Waals surface area contributed by atoms with E-state index in [0.717, 1.165) is 11.2 Å². The van der Waals surface area contributed by atoms with Gasteiger partial charge in [-0.15, -0.1) is 0 Å². The molecular formula is C8H8BN2. The highest BCUT2D eigenvalue weighted by Gasteiger charge is 1.98. The average Bonchev–Trinajstić information content (AvgIpc) is 2.05. The molecule has 0 unspecified atom stereocenters. The number of aryl methyl sites for hydroxylation is 1. The van der Waals surface area contributed by atoms with Crippen molar-refractivity contribution in [2.45, 2.75) is 13.7 Å². The van der Waals surface area contributed by atoms with Crippen LogP contribution in [0.3, 0.4) is 0 Å². The van der Waals surface area contributed by atoms with Crippen molar-refractivity contribution in [3.05, 3.63) is 23.5 Å². The Kier molecular flexibility index (Phi) is 2.27. The Hall–Kier alpha value is -1.30. The average molecular weight is 143 g/mol. The van der Waals surface area contributed by atoms with Crippen LogP contribution in [-0.2, 0) is 0 Å². The summed E-state index contributed by atoms with van der Waals surface area (Å²) in [5, 5.41) is 8.54. The summed E-state index contributed by atoms with van der Waals surface area (Å²) >= 11 is 0. The molecule has 0 amide bonds. The molecule has 0 aliphatic carbocycles. The third-order valence-corrected chi connectivity index (χ3v) is 1.57. The van der Waals surface area contributed by atoms with Gasteiger partial charge in [-0.25, -0.2) is 0 Å². The second kappa shape index (κ2) is 3.20. The Labute approximate surface area is 67.1 Å². The third-order valence-electron chi connectivity index (χ3n) is 1.57. The molecule has 11 heavy (non-hydrogen) atoms. The van der Waals surface area contributed by atoms with Gasteiger partial charge in [0.05, 0.1) is 5.56 Å². The summed E-state index contributed by atoms with van der Waals surface area (Å²) < 4.78 is 0. The molecule has 1 rings (SSSR count). The summed E-state index contributed by atoms with van der Waals surface area (Å²) in [5.41, 5.74) is 2.61. The molecule has 53 valence electrons. The molecule has 0 atom stereocenters. The molecule has 1 radical (unpaired) electrons.